The van der Waals surface area contributed by atoms with Gasteiger partial charge in [0.05, 0.1) is 7.11 Å². The summed E-state index contributed by atoms with van der Waals surface area (Å²) in [6, 6.07) is 8.15. The van der Waals surface area contributed by atoms with Crippen molar-refractivity contribution in [3.8, 4) is 5.75 Å². The minimum Gasteiger partial charge on any atom is -0.494 e. The van der Waals surface area contributed by atoms with Gasteiger partial charge in [0, 0.05) is 29.9 Å². The summed E-state index contributed by atoms with van der Waals surface area (Å²) >= 11 is 0. The third kappa shape index (κ3) is 3.64. The summed E-state index contributed by atoms with van der Waals surface area (Å²) < 4.78 is 5.42. The first-order valence-corrected chi connectivity index (χ1v) is 7.60. The fourth-order valence-electron chi connectivity index (χ4n) is 2.55. The van der Waals surface area contributed by atoms with Crippen LogP contribution in [0.2, 0.25) is 0 Å². The van der Waals surface area contributed by atoms with Crippen molar-refractivity contribution in [1.29, 1.82) is 0 Å². The normalized spacial score (nSPS) is 11.1. The number of nitrogens with one attached hydrogen (secondary N) is 1. The molecule has 0 radical (unpaired) electrons. The lowest BCUT2D eigenvalue weighted by molar-refractivity contribution is 0.316. The molecule has 0 aliphatic heterocycles. The van der Waals surface area contributed by atoms with E-state index in [-0.39, 0.29) is 0 Å². The van der Waals surface area contributed by atoms with Crippen LogP contribution in [0.3, 0.4) is 0 Å². The number of nitrogens with zero attached hydrogens (tertiary/aromatic N) is 2. The van der Waals surface area contributed by atoms with Crippen LogP contribution in [0.25, 0.3) is 10.9 Å². The number of methoxy groups -OCH3 is 1. The Hall–Kier alpha value is -1.81. The van der Waals surface area contributed by atoms with Crippen molar-refractivity contribution >= 4 is 16.6 Å². The standard InChI is InChI=1S/C17H25N3O/c1-5-20(6-2)11-10-18-15-12-13(3)19-17-14(15)8-7-9-16(17)21-4/h7-9,12H,5-6,10-11H2,1-4H3,(H,18,19). The molecule has 4 heteroatoms. The molecule has 1 heterocycles. The molecule has 1 N–H and O–H groups in total. The summed E-state index contributed by atoms with van der Waals surface area (Å²) in [6.07, 6.45) is 0. The van der Waals surface area contributed by atoms with Gasteiger partial charge in [0.2, 0.25) is 0 Å². The summed E-state index contributed by atoms with van der Waals surface area (Å²) in [5.74, 6) is 0.822. The lowest BCUT2D eigenvalue weighted by Crippen LogP contribution is -2.28. The van der Waals surface area contributed by atoms with Crippen LogP contribution in [0.5, 0.6) is 5.75 Å². The molecule has 0 atom stereocenters. The molecule has 2 aromatic rings. The molecule has 0 bridgehead atoms. The summed E-state index contributed by atoms with van der Waals surface area (Å²) in [7, 11) is 1.69. The van der Waals surface area contributed by atoms with Crippen LogP contribution >= 0.6 is 0 Å². The van der Waals surface area contributed by atoms with Crippen molar-refractivity contribution < 1.29 is 4.74 Å². The first-order chi connectivity index (χ1) is 10.2. The number of fused-ring (bicyclic) bond motifs is 1. The first kappa shape index (κ1) is 15.6. The minimum atomic E-state index is 0.822. The number of likely N-dealkylation sites (N-methyl/N-ethyl adjacent to an activating group) is 1. The number of aryl methyl sites for hydroxylation is 1. The fourth-order valence-corrected chi connectivity index (χ4v) is 2.55. The molecule has 4 nitrogen and oxygen atoms in total. The molecule has 0 saturated heterocycles. The zero-order valence-electron chi connectivity index (χ0n) is 13.4. The number of ether oxygens (including phenoxy) is 1. The SMILES string of the molecule is CCN(CC)CCNc1cc(C)nc2c(OC)cccc12. The zero-order chi connectivity index (χ0) is 15.2. The predicted molar refractivity (Wildman–Crippen MR) is 89.3 cm³/mol. The van der Waals surface area contributed by atoms with Crippen molar-refractivity contribution in [3.63, 3.8) is 0 Å². The molecule has 0 spiro atoms. The number of rotatable bonds is 7. The number of pyridine rings is 1. The Morgan fingerprint density at radius 3 is 2.67 bits per heavy atom. The molecule has 1 aromatic carbocycles. The van der Waals surface area contributed by atoms with Crippen LogP contribution in [0.4, 0.5) is 5.69 Å². The van der Waals surface area contributed by atoms with E-state index in [9.17, 15) is 0 Å². The van der Waals surface area contributed by atoms with E-state index in [1.807, 2.05) is 19.1 Å². The minimum absolute atomic E-state index is 0.822. The number of aromatic nitrogens is 1. The van der Waals surface area contributed by atoms with E-state index in [2.05, 4.69) is 41.2 Å². The van der Waals surface area contributed by atoms with E-state index in [4.69, 9.17) is 4.74 Å². The van der Waals surface area contributed by atoms with Gasteiger partial charge in [0.1, 0.15) is 11.3 Å². The van der Waals surface area contributed by atoms with Crippen molar-refractivity contribution in [1.82, 2.24) is 9.88 Å². The first-order valence-electron chi connectivity index (χ1n) is 7.60. The number of benzene rings is 1. The quantitative estimate of drug-likeness (QED) is 0.848. The maximum Gasteiger partial charge on any atom is 0.145 e. The molecule has 0 aliphatic rings. The average Bonchev–Trinajstić information content (AvgIpc) is 2.50. The van der Waals surface area contributed by atoms with Crippen LogP contribution in [-0.4, -0.2) is 43.2 Å². The van der Waals surface area contributed by atoms with Crippen LogP contribution in [0.1, 0.15) is 19.5 Å². The van der Waals surface area contributed by atoms with Gasteiger partial charge in [-0.1, -0.05) is 26.0 Å². The van der Waals surface area contributed by atoms with E-state index in [1.54, 1.807) is 7.11 Å². The topological polar surface area (TPSA) is 37.4 Å². The summed E-state index contributed by atoms with van der Waals surface area (Å²) in [5.41, 5.74) is 3.05. The van der Waals surface area contributed by atoms with Gasteiger partial charge in [-0.3, -0.25) is 0 Å². The Labute approximate surface area is 127 Å². The summed E-state index contributed by atoms with van der Waals surface area (Å²) in [5, 5.41) is 4.65. The van der Waals surface area contributed by atoms with Crippen molar-refractivity contribution in [3.05, 3.63) is 30.0 Å². The number of para-hydroxylation sites is 1. The molecule has 114 valence electrons. The van der Waals surface area contributed by atoms with Gasteiger partial charge in [0.25, 0.3) is 0 Å². The molecule has 1 aromatic heterocycles. The Balaban J connectivity index is 2.23. The van der Waals surface area contributed by atoms with Crippen molar-refractivity contribution in [2.75, 3.05) is 38.6 Å². The smallest absolute Gasteiger partial charge is 0.145 e. The number of hydrogen-bond donors (Lipinski definition) is 1. The van der Waals surface area contributed by atoms with E-state index < -0.39 is 0 Å². The monoisotopic (exact) mass is 287 g/mol. The fraction of sp³-hybridized carbons (Fsp3) is 0.471. The molecular formula is C17H25N3O. The molecule has 2 rings (SSSR count). The Morgan fingerprint density at radius 2 is 2.00 bits per heavy atom. The van der Waals surface area contributed by atoms with Crippen LogP contribution in [-0.2, 0) is 0 Å². The van der Waals surface area contributed by atoms with Crippen LogP contribution in [0, 0.1) is 6.92 Å². The molecule has 0 aliphatic carbocycles. The lowest BCUT2D eigenvalue weighted by atomic mass is 10.1. The van der Waals surface area contributed by atoms with Gasteiger partial charge in [-0.15, -0.1) is 0 Å². The second-order valence-corrected chi connectivity index (χ2v) is 5.12. The van der Waals surface area contributed by atoms with Gasteiger partial charge >= 0.3 is 0 Å². The molecular weight excluding hydrogens is 262 g/mol. The highest BCUT2D eigenvalue weighted by Gasteiger charge is 2.08. The zero-order valence-corrected chi connectivity index (χ0v) is 13.4. The third-order valence-electron chi connectivity index (χ3n) is 3.79. The highest BCUT2D eigenvalue weighted by Crippen LogP contribution is 2.29. The maximum absolute atomic E-state index is 5.42. The molecule has 0 amide bonds. The van der Waals surface area contributed by atoms with Crippen molar-refractivity contribution in [2.24, 2.45) is 0 Å². The van der Waals surface area contributed by atoms with Gasteiger partial charge < -0.3 is 15.0 Å². The third-order valence-corrected chi connectivity index (χ3v) is 3.79. The van der Waals surface area contributed by atoms with Gasteiger partial charge in [-0.2, -0.15) is 0 Å². The van der Waals surface area contributed by atoms with E-state index in [1.165, 1.54) is 0 Å². The molecule has 21 heavy (non-hydrogen) atoms. The van der Waals surface area contributed by atoms with Crippen molar-refractivity contribution in [2.45, 2.75) is 20.8 Å². The predicted octanol–water partition coefficient (Wildman–Crippen LogP) is 3.31. The van der Waals surface area contributed by atoms with Gasteiger partial charge in [-0.25, -0.2) is 4.98 Å². The van der Waals surface area contributed by atoms with E-state index in [0.29, 0.717) is 0 Å². The van der Waals surface area contributed by atoms with Crippen LogP contribution < -0.4 is 10.1 Å². The number of hydrogen-bond acceptors (Lipinski definition) is 4. The van der Waals surface area contributed by atoms with Gasteiger partial charge in [0.15, 0.2) is 0 Å². The lowest BCUT2D eigenvalue weighted by Gasteiger charge is -2.19. The highest BCUT2D eigenvalue weighted by molar-refractivity contribution is 5.95. The second-order valence-electron chi connectivity index (χ2n) is 5.12. The largest absolute Gasteiger partial charge is 0.494 e. The van der Waals surface area contributed by atoms with E-state index in [0.717, 1.165) is 54.2 Å². The molecule has 0 fully saturated rings. The van der Waals surface area contributed by atoms with Gasteiger partial charge in [-0.05, 0) is 32.1 Å². The summed E-state index contributed by atoms with van der Waals surface area (Å²) in [6.45, 7) is 10.5. The van der Waals surface area contributed by atoms with E-state index >= 15 is 0 Å². The Bertz CT molecular complexity index is 594. The highest BCUT2D eigenvalue weighted by atomic mass is 16.5. The Kier molecular flexibility index (Phi) is 5.39. The molecule has 0 saturated carbocycles. The second kappa shape index (κ2) is 7.27. The maximum atomic E-state index is 5.42. The summed E-state index contributed by atoms with van der Waals surface area (Å²) in [4.78, 5) is 7.01. The Morgan fingerprint density at radius 1 is 1.24 bits per heavy atom. The number of anilines is 1. The van der Waals surface area contributed by atoms with Crippen LogP contribution in [0.15, 0.2) is 24.3 Å². The molecule has 0 unspecified atom stereocenters. The average molecular weight is 287 g/mol.